The van der Waals surface area contributed by atoms with Crippen LogP contribution in [0.15, 0.2) is 158 Å². The Morgan fingerprint density at radius 1 is 0.462 bits per heavy atom. The molecule has 0 saturated carbocycles. The van der Waals surface area contributed by atoms with Gasteiger partial charge in [0.05, 0.1) is 75.1 Å². The van der Waals surface area contributed by atoms with Gasteiger partial charge in [-0.15, -0.1) is 5.10 Å². The number of amides is 13. The van der Waals surface area contributed by atoms with Crippen molar-refractivity contribution in [2.24, 2.45) is 17.4 Å². The Morgan fingerprint density at radius 2 is 0.869 bits per heavy atom. The first-order valence-corrected chi connectivity index (χ1v) is 40.7. The molecule has 14 atom stereocenters. The maximum Gasteiger partial charge on any atom is 0.305 e. The van der Waals surface area contributed by atoms with E-state index in [4.69, 9.17) is 11.5 Å². The van der Waals surface area contributed by atoms with Crippen molar-refractivity contribution in [1.82, 2.24) is 88.3 Å². The lowest BCUT2D eigenvalue weighted by atomic mass is 9.85. The summed E-state index contributed by atoms with van der Waals surface area (Å²) in [7, 11) is 0. The number of imidazole rings is 1. The lowest BCUT2D eigenvalue weighted by Gasteiger charge is -2.28. The molecule has 1 saturated heterocycles. The SMILES string of the molecule is CC(C)[C@H](NC(=O)[C@H](CC(=O)O)NC(=O)[C@H](CC(=O)O)NC(=O)[C@H](CC(=O)O)NC(=O)[C@H](CC(=O)O)NC(=O)[C@H](CC(=O)O)NC(=O)C(N)Cc1cn(Cc2ccc(C(=C(c3ccccc3)c3ccccc3)c3ccccc3)cc2)nn1)C(=O)N[C@@H](Cc1c[nH]cn1)C(=O)N[C@H]1CC(C)N(CC(=O)N[C@@H](Cc2ccc(O)cc2)C(=O)N[C@@H](C)C(=O)N[C@H](C(N)=O)C(C)O)C1=O. The minimum absolute atomic E-state index is 0.129. The van der Waals surface area contributed by atoms with Gasteiger partial charge in [-0.2, -0.15) is 0 Å². The number of benzene rings is 5. The molecule has 23 N–H and O–H groups in total. The van der Waals surface area contributed by atoms with Crippen LogP contribution in [0.25, 0.3) is 11.1 Å². The fourth-order valence-corrected chi connectivity index (χ4v) is 13.8. The van der Waals surface area contributed by atoms with E-state index in [1.54, 1.807) is 0 Å². The van der Waals surface area contributed by atoms with Crippen LogP contribution in [0.3, 0.4) is 0 Å². The predicted octanol–water partition coefficient (Wildman–Crippen LogP) is -3.01. The lowest BCUT2D eigenvalue weighted by molar-refractivity contribution is -0.145. The van der Waals surface area contributed by atoms with Crippen molar-refractivity contribution in [3.8, 4) is 5.75 Å². The number of nitrogens with zero attached hydrogens (tertiary/aromatic N) is 5. The van der Waals surface area contributed by atoms with Crippen LogP contribution in [0.5, 0.6) is 5.75 Å². The first-order chi connectivity index (χ1) is 61.6. The number of phenolic OH excluding ortho intramolecular Hbond substituents is 1. The summed E-state index contributed by atoms with van der Waals surface area (Å²) in [6, 6.07) is 20.1. The standard InChI is InChI=1S/C86H101N19O25/c1-43(2)73(85(129)98-58(32-53-38-89-42-90-53)79(123)99-64-29-44(3)105(86(64)130)41-65(108)92-57(30-47-23-27-55(107)28-24-47)78(122)91-45(4)76(120)101-74(46(5)106)75(88)119)100-84(128)63(37-70(117)118)97-83(127)62(36-69(115)116)96-82(126)61(35-68(113)114)95-81(125)60(34-67(111)112)94-80(124)59(33-66(109)110)93-77(121)56(87)31-54-40-104(103-102-54)39-48-21-25-52(26-22-48)72(51-19-13-8-14-20-51)71(49-15-9-6-10-16-49)50-17-11-7-12-18-50/h6-28,38,40,42-46,56-64,73-74,106-107H,29-37,39,41,87H2,1-5H3,(H2,88,119)(H,89,90)(H,91,122)(H,92,108)(H,93,121)(H,94,124)(H,95,125)(H,96,126)(H,97,127)(H,98,129)(H,99,123)(H,100,128)(H,101,120)(H,109,110)(H,111,112)(H,113,114)(H,115,116)(H,117,118)/t44?,45-,46?,56?,57-,58-,59-,60-,61-,62-,63-,64-,73-,74-/m0/s1. The molecule has 0 aliphatic carbocycles. The molecule has 3 unspecified atom stereocenters. The third kappa shape index (κ3) is 29.8. The number of hydrogen-bond acceptors (Lipinski definition) is 24. The van der Waals surface area contributed by atoms with Crippen molar-refractivity contribution in [3.05, 3.63) is 203 Å². The molecule has 0 spiro atoms. The molecule has 44 heteroatoms. The topological polar surface area (TPSA) is 696 Å². The number of rotatable bonds is 48. The summed E-state index contributed by atoms with van der Waals surface area (Å²) in [5.74, 6) is -26.2. The number of aliphatic carboxylic acids is 5. The number of aromatic nitrogens is 5. The lowest BCUT2D eigenvalue weighted by Crippen LogP contribution is -2.61. The molecule has 8 rings (SSSR count). The largest absolute Gasteiger partial charge is 0.508 e. The van der Waals surface area contributed by atoms with Crippen molar-refractivity contribution in [3.63, 3.8) is 0 Å². The summed E-state index contributed by atoms with van der Waals surface area (Å²) >= 11 is 0. The number of phenols is 1. The number of H-pyrrole nitrogens is 1. The van der Waals surface area contributed by atoms with Gasteiger partial charge in [0, 0.05) is 37.7 Å². The van der Waals surface area contributed by atoms with Gasteiger partial charge in [0.1, 0.15) is 72.2 Å². The third-order valence-corrected chi connectivity index (χ3v) is 20.5. The van der Waals surface area contributed by atoms with Crippen LogP contribution in [0.4, 0.5) is 0 Å². The minimum Gasteiger partial charge on any atom is -0.508 e. The number of nitrogens with two attached hydrogens (primary N) is 2. The Balaban J connectivity index is 0.887. The highest BCUT2D eigenvalue weighted by Gasteiger charge is 2.43. The molecular formula is C86H101N19O25. The summed E-state index contributed by atoms with van der Waals surface area (Å²) in [4.78, 5) is 249. The zero-order valence-electron chi connectivity index (χ0n) is 70.8. The molecule has 5 aromatic carbocycles. The highest BCUT2D eigenvalue weighted by Crippen LogP contribution is 2.37. The monoisotopic (exact) mass is 1800 g/mol. The summed E-state index contributed by atoms with van der Waals surface area (Å²) in [6.07, 6.45) is -5.27. The van der Waals surface area contributed by atoms with Crippen molar-refractivity contribution in [1.29, 1.82) is 0 Å². The zero-order chi connectivity index (χ0) is 95.3. The van der Waals surface area contributed by atoms with E-state index in [0.29, 0.717) is 5.56 Å². The van der Waals surface area contributed by atoms with E-state index in [1.807, 2.05) is 137 Å². The van der Waals surface area contributed by atoms with E-state index in [0.717, 1.165) is 43.9 Å². The quantitative estimate of drug-likeness (QED) is 0.0169. The molecule has 690 valence electrons. The highest BCUT2D eigenvalue weighted by atomic mass is 16.4. The average molecular weight is 1800 g/mol. The molecular weight excluding hydrogens is 1700 g/mol. The first-order valence-electron chi connectivity index (χ1n) is 40.7. The van der Waals surface area contributed by atoms with Crippen LogP contribution in [-0.2, 0) is 112 Å². The van der Waals surface area contributed by atoms with E-state index >= 15 is 0 Å². The Labute approximate surface area is 741 Å². The van der Waals surface area contributed by atoms with E-state index in [-0.39, 0.29) is 42.9 Å². The number of primary amides is 1. The number of nitrogens with one attached hydrogen (secondary N) is 12. The van der Waals surface area contributed by atoms with E-state index < -0.39 is 242 Å². The van der Waals surface area contributed by atoms with Crippen LogP contribution < -0.4 is 70.0 Å². The Morgan fingerprint density at radius 3 is 1.29 bits per heavy atom. The van der Waals surface area contributed by atoms with Crippen LogP contribution in [0, 0.1) is 5.92 Å². The molecule has 7 aromatic rings. The normalized spacial score (nSPS) is 15.6. The fourth-order valence-electron chi connectivity index (χ4n) is 13.8. The number of hydrogen-bond donors (Lipinski definition) is 21. The second-order valence-corrected chi connectivity index (χ2v) is 31.1. The van der Waals surface area contributed by atoms with Crippen molar-refractivity contribution in [2.45, 2.75) is 184 Å². The summed E-state index contributed by atoms with van der Waals surface area (Å²) < 4.78 is 1.47. The average Bonchev–Trinajstić information content (AvgIpc) is 0.877. The highest BCUT2D eigenvalue weighted by molar-refractivity contribution is 6.06. The Bertz CT molecular complexity index is 5250. The van der Waals surface area contributed by atoms with Gasteiger partial charge in [0.15, 0.2) is 0 Å². The molecule has 1 aliphatic rings. The number of carbonyl (C=O) groups excluding carboxylic acids is 13. The minimum atomic E-state index is -2.42. The summed E-state index contributed by atoms with van der Waals surface area (Å²) in [6.45, 7) is 6.22. The number of aromatic amines is 1. The number of carboxylic acids is 5. The summed E-state index contributed by atoms with van der Waals surface area (Å²) in [5.41, 5.74) is 18.9. The van der Waals surface area contributed by atoms with Crippen molar-refractivity contribution >= 4 is 118 Å². The van der Waals surface area contributed by atoms with Gasteiger partial charge in [-0.1, -0.05) is 146 Å². The van der Waals surface area contributed by atoms with Gasteiger partial charge < -0.3 is 116 Å². The van der Waals surface area contributed by atoms with Gasteiger partial charge in [-0.3, -0.25) is 86.3 Å². The van der Waals surface area contributed by atoms with Gasteiger partial charge in [0.25, 0.3) is 0 Å². The molecule has 44 nitrogen and oxygen atoms in total. The predicted molar refractivity (Wildman–Crippen MR) is 455 cm³/mol. The number of aliphatic hydroxyl groups is 1. The number of carbonyl (C=O) groups is 18. The molecule has 13 amide bonds. The van der Waals surface area contributed by atoms with Crippen LogP contribution in [0.1, 0.15) is 118 Å². The van der Waals surface area contributed by atoms with E-state index in [1.165, 1.54) is 82.3 Å². The number of aromatic hydroxyl groups is 1. The third-order valence-electron chi connectivity index (χ3n) is 20.5. The summed E-state index contributed by atoms with van der Waals surface area (Å²) in [5, 5.41) is 102. The van der Waals surface area contributed by atoms with Gasteiger partial charge in [-0.05, 0) is 89.8 Å². The molecule has 0 bridgehead atoms. The fraction of sp³-hybridized carbons (Fsp3) is 0.360. The number of carboxylic acid groups (broad SMARTS) is 5. The van der Waals surface area contributed by atoms with Crippen molar-refractivity contribution in [2.75, 3.05) is 6.54 Å². The Kier molecular flexibility index (Phi) is 36.1. The second-order valence-electron chi connectivity index (χ2n) is 31.1. The molecule has 130 heavy (non-hydrogen) atoms. The van der Waals surface area contributed by atoms with Crippen molar-refractivity contribution < 1.29 is 122 Å². The smallest absolute Gasteiger partial charge is 0.305 e. The number of likely N-dealkylation sites (tertiary alicyclic amines) is 1. The van der Waals surface area contributed by atoms with E-state index in [9.17, 15) is 122 Å². The van der Waals surface area contributed by atoms with Crippen LogP contribution in [0.2, 0.25) is 0 Å². The van der Waals surface area contributed by atoms with Gasteiger partial charge in [0.2, 0.25) is 76.8 Å². The van der Waals surface area contributed by atoms with Gasteiger partial charge >= 0.3 is 29.8 Å². The number of aliphatic hydroxyl groups excluding tert-OH is 1. The molecule has 1 fully saturated rings. The van der Waals surface area contributed by atoms with E-state index in [2.05, 4.69) is 57.5 Å². The molecule has 2 aromatic heterocycles. The first kappa shape index (κ1) is 99.8. The molecule has 0 radical (unpaired) electrons. The Hall–Kier alpha value is -15.6. The maximum atomic E-state index is 14.4. The van der Waals surface area contributed by atoms with Crippen LogP contribution >= 0.6 is 0 Å². The van der Waals surface area contributed by atoms with Crippen LogP contribution in [-0.4, -0.2) is 263 Å². The molecule has 1 aliphatic heterocycles. The van der Waals surface area contributed by atoms with Gasteiger partial charge in [-0.25, -0.2) is 9.67 Å². The second kappa shape index (κ2) is 47.1. The maximum absolute atomic E-state index is 14.4. The zero-order valence-corrected chi connectivity index (χ0v) is 70.8. The molecule has 3 heterocycles.